The Balaban J connectivity index is 1.11. The molecule has 4 aliphatic rings. The van der Waals surface area contributed by atoms with Crippen LogP contribution in [0.25, 0.3) is 11.3 Å². The summed E-state index contributed by atoms with van der Waals surface area (Å²) in [5.41, 5.74) is 3.39. The molecule has 0 saturated heterocycles. The Labute approximate surface area is 181 Å². The molecule has 4 aliphatic carbocycles. The summed E-state index contributed by atoms with van der Waals surface area (Å²) >= 11 is 0. The van der Waals surface area contributed by atoms with Gasteiger partial charge in [-0.15, -0.1) is 0 Å². The minimum atomic E-state index is 0.119. The number of rotatable bonds is 7. The highest BCUT2D eigenvalue weighted by molar-refractivity contribution is 5.65. The molecule has 0 atom stereocenters. The quantitative estimate of drug-likeness (QED) is 0.554. The van der Waals surface area contributed by atoms with E-state index in [1.165, 1.54) is 32.1 Å². The second-order valence-electron chi connectivity index (χ2n) is 9.68. The minimum Gasteiger partial charge on any atom is -0.467 e. The van der Waals surface area contributed by atoms with Crippen molar-refractivity contribution in [2.75, 3.05) is 19.0 Å². The number of ether oxygens (including phenoxy) is 1. The van der Waals surface area contributed by atoms with Gasteiger partial charge in [0.15, 0.2) is 5.82 Å². The van der Waals surface area contributed by atoms with Crippen LogP contribution in [-0.4, -0.2) is 29.0 Å². The molecule has 0 unspecified atom stereocenters. The van der Waals surface area contributed by atoms with Crippen LogP contribution in [-0.2, 0) is 5.41 Å². The van der Waals surface area contributed by atoms with Crippen LogP contribution in [0, 0.1) is 5.41 Å². The number of anilines is 1. The lowest BCUT2D eigenvalue weighted by atomic mass is 9.53. The molecule has 2 bridgehead atoms. The molecule has 31 heavy (non-hydrogen) atoms. The monoisotopic (exact) mass is 420 g/mol. The Morgan fingerprint density at radius 1 is 1.03 bits per heavy atom. The van der Waals surface area contributed by atoms with Gasteiger partial charge in [0.25, 0.3) is 0 Å². The Morgan fingerprint density at radius 3 is 2.55 bits per heavy atom. The average Bonchev–Trinajstić information content (AvgIpc) is 3.35. The maximum absolute atomic E-state index is 5.75. The van der Waals surface area contributed by atoms with Gasteiger partial charge in [-0.1, -0.05) is 22.4 Å². The van der Waals surface area contributed by atoms with E-state index in [1.807, 2.05) is 12.1 Å². The predicted molar refractivity (Wildman–Crippen MR) is 115 cm³/mol. The fourth-order valence-corrected chi connectivity index (χ4v) is 5.38. The zero-order valence-corrected chi connectivity index (χ0v) is 17.9. The number of hydrogen-bond acceptors (Lipinski definition) is 7. The van der Waals surface area contributed by atoms with Gasteiger partial charge in [-0.2, -0.15) is 4.98 Å². The molecule has 0 aliphatic heterocycles. The summed E-state index contributed by atoms with van der Waals surface area (Å²) in [6.45, 7) is 0.992. The molecule has 162 valence electrons. The topological polar surface area (TPSA) is 86.2 Å². The number of aromatic nitrogens is 3. The third kappa shape index (κ3) is 3.40. The van der Waals surface area contributed by atoms with Crippen molar-refractivity contribution in [3.8, 4) is 17.2 Å². The van der Waals surface area contributed by atoms with Crippen molar-refractivity contribution in [3.05, 3.63) is 42.0 Å². The van der Waals surface area contributed by atoms with Gasteiger partial charge in [0.2, 0.25) is 5.89 Å². The molecule has 0 amide bonds. The number of methoxy groups -OCH3 is 1. The first-order valence-corrected chi connectivity index (χ1v) is 11.4. The van der Waals surface area contributed by atoms with Crippen LogP contribution in [0.15, 0.2) is 39.4 Å². The number of benzene rings is 1. The third-order valence-electron chi connectivity index (χ3n) is 7.76. The van der Waals surface area contributed by atoms with Gasteiger partial charge in [0.05, 0.1) is 13.2 Å². The van der Waals surface area contributed by atoms with Crippen molar-refractivity contribution in [2.24, 2.45) is 5.41 Å². The van der Waals surface area contributed by atoms with Gasteiger partial charge < -0.3 is 19.1 Å². The van der Waals surface area contributed by atoms with Gasteiger partial charge >= 0.3 is 5.95 Å². The standard InChI is InChI=1S/C24H28N4O3/c1-29-20-14-19(27-30-20)17-3-2-4-18(13-17)25-15-23-7-10-24(11-8-23,12-9-23)22-26-21(28-31-22)16-5-6-16/h2-4,13-14,16,25H,5-12,15H2,1H3. The van der Waals surface area contributed by atoms with Crippen molar-refractivity contribution < 1.29 is 13.8 Å². The van der Waals surface area contributed by atoms with E-state index in [1.54, 1.807) is 7.11 Å². The van der Waals surface area contributed by atoms with Crippen LogP contribution < -0.4 is 10.1 Å². The number of nitrogens with zero attached hydrogens (tertiary/aromatic N) is 3. The second kappa shape index (κ2) is 7.11. The van der Waals surface area contributed by atoms with Crippen molar-refractivity contribution in [3.63, 3.8) is 0 Å². The smallest absolute Gasteiger partial charge is 0.311 e. The summed E-state index contributed by atoms with van der Waals surface area (Å²) < 4.78 is 16.0. The number of hydrogen-bond donors (Lipinski definition) is 1. The Morgan fingerprint density at radius 2 is 1.84 bits per heavy atom. The molecular formula is C24H28N4O3. The maximum Gasteiger partial charge on any atom is 0.311 e. The van der Waals surface area contributed by atoms with E-state index in [-0.39, 0.29) is 5.41 Å². The van der Waals surface area contributed by atoms with E-state index in [0.717, 1.165) is 54.5 Å². The van der Waals surface area contributed by atoms with Gasteiger partial charge in [-0.05, 0) is 68.9 Å². The summed E-state index contributed by atoms with van der Waals surface area (Å²) in [6.07, 6.45) is 9.52. The highest BCUT2D eigenvalue weighted by Crippen LogP contribution is 2.57. The summed E-state index contributed by atoms with van der Waals surface area (Å²) in [4.78, 5) is 4.81. The van der Waals surface area contributed by atoms with E-state index in [2.05, 4.69) is 33.8 Å². The first-order valence-electron chi connectivity index (χ1n) is 11.4. The largest absolute Gasteiger partial charge is 0.467 e. The number of fused-ring (bicyclic) bond motifs is 3. The predicted octanol–water partition coefficient (Wildman–Crippen LogP) is 5.31. The molecule has 2 aromatic heterocycles. The SMILES string of the molecule is COc1cc(-c2cccc(NCC34CCC(c5nc(C6CC6)no5)(CC3)CC4)c2)no1. The van der Waals surface area contributed by atoms with Crippen molar-refractivity contribution >= 4 is 5.69 Å². The Bertz CT molecular complexity index is 1060. The molecule has 7 heteroatoms. The molecule has 3 aromatic rings. The lowest BCUT2D eigenvalue weighted by Crippen LogP contribution is -2.47. The van der Waals surface area contributed by atoms with Crippen molar-refractivity contribution in [2.45, 2.75) is 62.7 Å². The highest BCUT2D eigenvalue weighted by Gasteiger charge is 2.52. The normalized spacial score (nSPS) is 27.4. The van der Waals surface area contributed by atoms with E-state index in [4.69, 9.17) is 18.8 Å². The van der Waals surface area contributed by atoms with E-state index >= 15 is 0 Å². The van der Waals surface area contributed by atoms with Crippen LogP contribution >= 0.6 is 0 Å². The Kier molecular flexibility index (Phi) is 4.33. The molecule has 1 aromatic carbocycles. The van der Waals surface area contributed by atoms with Gasteiger partial charge in [-0.3, -0.25) is 0 Å². The summed E-state index contributed by atoms with van der Waals surface area (Å²) in [5, 5.41) is 12.1. The zero-order valence-electron chi connectivity index (χ0n) is 17.9. The molecule has 0 spiro atoms. The molecule has 7 nitrogen and oxygen atoms in total. The molecular weight excluding hydrogens is 392 g/mol. The Hall–Kier alpha value is -2.83. The molecule has 7 rings (SSSR count). The van der Waals surface area contributed by atoms with E-state index < -0.39 is 0 Å². The zero-order chi connectivity index (χ0) is 20.9. The maximum atomic E-state index is 5.75. The summed E-state index contributed by atoms with van der Waals surface area (Å²) in [5.74, 6) is 2.83. The minimum absolute atomic E-state index is 0.119. The van der Waals surface area contributed by atoms with Crippen molar-refractivity contribution in [1.82, 2.24) is 15.3 Å². The molecule has 0 radical (unpaired) electrons. The van der Waals surface area contributed by atoms with Crippen LogP contribution in [0.4, 0.5) is 5.69 Å². The van der Waals surface area contributed by atoms with Crippen LogP contribution in [0.1, 0.15) is 69.0 Å². The lowest BCUT2D eigenvalue weighted by Gasteiger charge is -2.52. The fraction of sp³-hybridized carbons (Fsp3) is 0.542. The van der Waals surface area contributed by atoms with E-state index in [0.29, 0.717) is 17.3 Å². The van der Waals surface area contributed by atoms with Crippen LogP contribution in [0.3, 0.4) is 0 Å². The molecule has 1 N–H and O–H groups in total. The molecule has 2 heterocycles. The van der Waals surface area contributed by atoms with Crippen LogP contribution in [0.2, 0.25) is 0 Å². The fourth-order valence-electron chi connectivity index (χ4n) is 5.38. The second-order valence-corrected chi connectivity index (χ2v) is 9.68. The third-order valence-corrected chi connectivity index (χ3v) is 7.76. The summed E-state index contributed by atoms with van der Waals surface area (Å²) in [7, 11) is 1.58. The summed E-state index contributed by atoms with van der Waals surface area (Å²) in [6, 6.07) is 10.1. The molecule has 4 fully saturated rings. The van der Waals surface area contributed by atoms with Crippen LogP contribution in [0.5, 0.6) is 5.95 Å². The van der Waals surface area contributed by atoms with E-state index in [9.17, 15) is 0 Å². The van der Waals surface area contributed by atoms with Gasteiger partial charge in [-0.25, -0.2) is 0 Å². The lowest BCUT2D eigenvalue weighted by molar-refractivity contribution is 0.0322. The average molecular weight is 421 g/mol. The number of nitrogens with one attached hydrogen (secondary N) is 1. The highest BCUT2D eigenvalue weighted by atomic mass is 16.6. The molecule has 4 saturated carbocycles. The first-order chi connectivity index (χ1) is 15.2. The van der Waals surface area contributed by atoms with Gasteiger partial charge in [0, 0.05) is 29.1 Å². The van der Waals surface area contributed by atoms with Crippen molar-refractivity contribution in [1.29, 1.82) is 0 Å². The first kappa shape index (κ1) is 18.9. The van der Waals surface area contributed by atoms with Gasteiger partial charge in [0.1, 0.15) is 5.69 Å².